The summed E-state index contributed by atoms with van der Waals surface area (Å²) < 4.78 is 66.1. The summed E-state index contributed by atoms with van der Waals surface area (Å²) in [5, 5.41) is 0. The highest BCUT2D eigenvalue weighted by Gasteiger charge is 2.26. The summed E-state index contributed by atoms with van der Waals surface area (Å²) in [6.45, 7) is 1.97. The number of halogens is 4. The number of benzene rings is 2. The molecule has 0 aromatic heterocycles. The Morgan fingerprint density at radius 3 is 2.17 bits per heavy atom. The average Bonchev–Trinajstić information content (AvgIpc) is 2.73. The molecule has 0 spiro atoms. The first-order valence-corrected chi connectivity index (χ1v) is 9.60. The molecule has 0 N–H and O–H groups in total. The highest BCUT2D eigenvalue weighted by Crippen LogP contribution is 2.38. The largest absolute Gasteiger partial charge is 0.494 e. The minimum atomic E-state index is -1.06. The maximum absolute atomic E-state index is 14.4. The predicted octanol–water partition coefficient (Wildman–Crippen LogP) is 5.98. The van der Waals surface area contributed by atoms with Gasteiger partial charge in [-0.1, -0.05) is 17.9 Å². The SMILES string of the molecule is CCOc1ccc(C2CCC(C#Cc3ccc(OC)c(F)c3F)CC2)c(F)c1F. The predicted molar refractivity (Wildman–Crippen MR) is 102 cm³/mol. The lowest BCUT2D eigenvalue weighted by Crippen LogP contribution is -2.14. The zero-order chi connectivity index (χ0) is 21.0. The van der Waals surface area contributed by atoms with Crippen LogP contribution < -0.4 is 9.47 Å². The molecule has 1 aliphatic rings. The van der Waals surface area contributed by atoms with E-state index in [4.69, 9.17) is 9.47 Å². The van der Waals surface area contributed by atoms with Gasteiger partial charge in [0.15, 0.2) is 23.1 Å². The lowest BCUT2D eigenvalue weighted by Gasteiger charge is -2.26. The van der Waals surface area contributed by atoms with Gasteiger partial charge in [0, 0.05) is 5.92 Å². The van der Waals surface area contributed by atoms with Crippen molar-refractivity contribution in [2.75, 3.05) is 13.7 Å². The fourth-order valence-electron chi connectivity index (χ4n) is 3.64. The Hall–Kier alpha value is -2.68. The molecule has 2 aromatic carbocycles. The van der Waals surface area contributed by atoms with Crippen LogP contribution in [-0.4, -0.2) is 13.7 Å². The summed E-state index contributed by atoms with van der Waals surface area (Å²) in [5.74, 6) is 1.42. The molecule has 2 nitrogen and oxygen atoms in total. The lowest BCUT2D eigenvalue weighted by molar-refractivity contribution is 0.310. The summed E-state index contributed by atoms with van der Waals surface area (Å²) >= 11 is 0. The lowest BCUT2D eigenvalue weighted by atomic mass is 9.78. The van der Waals surface area contributed by atoms with Crippen molar-refractivity contribution >= 4 is 0 Å². The van der Waals surface area contributed by atoms with Crippen LogP contribution in [0.2, 0.25) is 0 Å². The van der Waals surface area contributed by atoms with Crippen LogP contribution in [0.1, 0.15) is 49.7 Å². The first-order valence-electron chi connectivity index (χ1n) is 9.60. The summed E-state index contributed by atoms with van der Waals surface area (Å²) in [4.78, 5) is 0. The second-order valence-corrected chi connectivity index (χ2v) is 6.98. The van der Waals surface area contributed by atoms with E-state index in [0.717, 1.165) is 0 Å². The standard InChI is InChI=1S/C23H22F4O2/c1-3-29-19-13-11-17(21(25)23(19)27)15-7-4-14(5-8-15)6-9-16-10-12-18(28-2)22(26)20(16)24/h10-15H,3-5,7-8H2,1-2H3. The Labute approximate surface area is 167 Å². The van der Waals surface area contributed by atoms with E-state index in [-0.39, 0.29) is 35.5 Å². The molecule has 1 aliphatic carbocycles. The Kier molecular flexibility index (Phi) is 6.68. The minimum Gasteiger partial charge on any atom is -0.494 e. The minimum absolute atomic E-state index is 0.00795. The molecule has 3 rings (SSSR count). The van der Waals surface area contributed by atoms with Crippen LogP contribution in [-0.2, 0) is 0 Å². The molecule has 0 aliphatic heterocycles. The van der Waals surface area contributed by atoms with Gasteiger partial charge in [-0.2, -0.15) is 8.78 Å². The van der Waals surface area contributed by atoms with Crippen molar-refractivity contribution in [1.82, 2.24) is 0 Å². The van der Waals surface area contributed by atoms with Crippen LogP contribution in [0.4, 0.5) is 17.6 Å². The molecule has 6 heteroatoms. The highest BCUT2D eigenvalue weighted by atomic mass is 19.2. The van der Waals surface area contributed by atoms with Crippen molar-refractivity contribution in [3.8, 4) is 23.3 Å². The van der Waals surface area contributed by atoms with Crippen molar-refractivity contribution in [2.24, 2.45) is 5.92 Å². The normalized spacial score (nSPS) is 18.7. The number of hydrogen-bond acceptors (Lipinski definition) is 2. The van der Waals surface area contributed by atoms with Crippen LogP contribution >= 0.6 is 0 Å². The van der Waals surface area contributed by atoms with Gasteiger partial charge in [-0.3, -0.25) is 0 Å². The second-order valence-electron chi connectivity index (χ2n) is 6.98. The second kappa shape index (κ2) is 9.21. The van der Waals surface area contributed by atoms with Gasteiger partial charge in [0.1, 0.15) is 0 Å². The van der Waals surface area contributed by atoms with Crippen molar-refractivity contribution in [3.63, 3.8) is 0 Å². The van der Waals surface area contributed by atoms with E-state index in [1.807, 2.05) is 0 Å². The molecule has 0 heterocycles. The van der Waals surface area contributed by atoms with E-state index in [2.05, 4.69) is 11.8 Å². The Morgan fingerprint density at radius 1 is 0.862 bits per heavy atom. The van der Waals surface area contributed by atoms with Gasteiger partial charge < -0.3 is 9.47 Å². The molecule has 154 valence electrons. The number of methoxy groups -OCH3 is 1. The molecule has 0 unspecified atom stereocenters. The van der Waals surface area contributed by atoms with Crippen LogP contribution in [0, 0.1) is 41.0 Å². The number of rotatable bonds is 4. The average molecular weight is 406 g/mol. The summed E-state index contributed by atoms with van der Waals surface area (Å²) in [7, 11) is 1.26. The summed E-state index contributed by atoms with van der Waals surface area (Å²) in [6.07, 6.45) is 2.63. The van der Waals surface area contributed by atoms with Crippen molar-refractivity contribution in [2.45, 2.75) is 38.5 Å². The first-order chi connectivity index (χ1) is 14.0. The smallest absolute Gasteiger partial charge is 0.201 e. The molecule has 0 amide bonds. The van der Waals surface area contributed by atoms with Crippen LogP contribution in [0.5, 0.6) is 11.5 Å². The maximum atomic E-state index is 14.4. The Morgan fingerprint density at radius 2 is 1.52 bits per heavy atom. The van der Waals surface area contributed by atoms with E-state index < -0.39 is 23.3 Å². The molecule has 1 saturated carbocycles. The topological polar surface area (TPSA) is 18.5 Å². The molecule has 1 fully saturated rings. The van der Waals surface area contributed by atoms with Gasteiger partial charge in [-0.05, 0) is 62.3 Å². The third-order valence-corrected chi connectivity index (χ3v) is 5.22. The molecule has 0 bridgehead atoms. The van der Waals surface area contributed by atoms with E-state index in [0.29, 0.717) is 31.2 Å². The van der Waals surface area contributed by atoms with Gasteiger partial charge in [0.2, 0.25) is 11.6 Å². The summed E-state index contributed by atoms with van der Waals surface area (Å²) in [6, 6.07) is 5.76. The fraction of sp³-hybridized carbons (Fsp3) is 0.391. The first kappa shape index (κ1) is 21.0. The number of ether oxygens (including phenoxy) is 2. The third-order valence-electron chi connectivity index (χ3n) is 5.22. The number of hydrogen-bond donors (Lipinski definition) is 0. The quantitative estimate of drug-likeness (QED) is 0.460. The molecule has 0 saturated heterocycles. The van der Waals surface area contributed by atoms with Gasteiger partial charge in [0.25, 0.3) is 0 Å². The molecular formula is C23H22F4O2. The van der Waals surface area contributed by atoms with E-state index in [1.54, 1.807) is 13.0 Å². The van der Waals surface area contributed by atoms with Gasteiger partial charge in [-0.15, -0.1) is 0 Å². The van der Waals surface area contributed by atoms with Crippen molar-refractivity contribution in [1.29, 1.82) is 0 Å². The van der Waals surface area contributed by atoms with Crippen LogP contribution in [0.25, 0.3) is 0 Å². The van der Waals surface area contributed by atoms with Gasteiger partial charge in [0.05, 0.1) is 19.3 Å². The monoisotopic (exact) mass is 406 g/mol. The van der Waals surface area contributed by atoms with Gasteiger partial charge >= 0.3 is 0 Å². The van der Waals surface area contributed by atoms with E-state index in [1.165, 1.54) is 25.3 Å². The van der Waals surface area contributed by atoms with Crippen LogP contribution in [0.3, 0.4) is 0 Å². The van der Waals surface area contributed by atoms with E-state index in [9.17, 15) is 17.6 Å². The molecule has 29 heavy (non-hydrogen) atoms. The van der Waals surface area contributed by atoms with Gasteiger partial charge in [-0.25, -0.2) is 8.78 Å². The summed E-state index contributed by atoms with van der Waals surface area (Å²) in [5.41, 5.74) is 0.325. The third kappa shape index (κ3) is 4.50. The zero-order valence-electron chi connectivity index (χ0n) is 16.3. The molecular weight excluding hydrogens is 384 g/mol. The molecule has 0 radical (unpaired) electrons. The maximum Gasteiger partial charge on any atom is 0.201 e. The fourth-order valence-corrected chi connectivity index (χ4v) is 3.64. The highest BCUT2D eigenvalue weighted by molar-refractivity contribution is 5.41. The van der Waals surface area contributed by atoms with Crippen molar-refractivity contribution < 1.29 is 27.0 Å². The van der Waals surface area contributed by atoms with Crippen molar-refractivity contribution in [3.05, 3.63) is 58.7 Å². The van der Waals surface area contributed by atoms with E-state index >= 15 is 0 Å². The zero-order valence-corrected chi connectivity index (χ0v) is 16.3. The molecule has 2 aromatic rings. The Balaban J connectivity index is 1.67. The van der Waals surface area contributed by atoms with Crippen LogP contribution in [0.15, 0.2) is 24.3 Å². The Bertz CT molecular complexity index is 938. The molecule has 0 atom stereocenters.